The van der Waals surface area contributed by atoms with Crippen molar-refractivity contribution < 1.29 is 9.90 Å². The highest BCUT2D eigenvalue weighted by atomic mass is 16.3. The van der Waals surface area contributed by atoms with Gasteiger partial charge in [0.05, 0.1) is 12.6 Å². The molecule has 2 rings (SSSR count). The van der Waals surface area contributed by atoms with E-state index in [1.54, 1.807) is 0 Å². The number of rotatable bonds is 4. The van der Waals surface area contributed by atoms with Gasteiger partial charge < -0.3 is 10.0 Å². The van der Waals surface area contributed by atoms with E-state index in [0.717, 1.165) is 25.8 Å². The molecule has 1 saturated heterocycles. The highest BCUT2D eigenvalue weighted by Crippen LogP contribution is 2.18. The lowest BCUT2D eigenvalue weighted by molar-refractivity contribution is -0.132. The summed E-state index contributed by atoms with van der Waals surface area (Å²) in [5.74, 6) is 0.174. The molecule has 1 amide bonds. The normalized spacial score (nSPS) is 19.2. The van der Waals surface area contributed by atoms with Gasteiger partial charge in [0.25, 0.3) is 0 Å². The molecule has 0 aromatic heterocycles. The zero-order valence-corrected chi connectivity index (χ0v) is 10.9. The van der Waals surface area contributed by atoms with Gasteiger partial charge in [-0.05, 0) is 31.7 Å². The second kappa shape index (κ2) is 6.01. The molecular weight excluding hydrogens is 226 g/mol. The molecule has 1 atom stereocenters. The van der Waals surface area contributed by atoms with E-state index in [1.807, 2.05) is 11.0 Å². The van der Waals surface area contributed by atoms with Gasteiger partial charge in [-0.2, -0.15) is 0 Å². The average molecular weight is 247 g/mol. The van der Waals surface area contributed by atoms with Crippen molar-refractivity contribution in [1.29, 1.82) is 0 Å². The zero-order chi connectivity index (χ0) is 13.0. The Labute approximate surface area is 108 Å². The molecule has 1 N–H and O–H groups in total. The Hall–Kier alpha value is -1.35. The number of carbonyl (C=O) groups excluding carboxylic acids is 1. The minimum absolute atomic E-state index is 0.0509. The Bertz CT molecular complexity index is 417. The minimum atomic E-state index is 0.0509. The fourth-order valence-electron chi connectivity index (χ4n) is 2.62. The molecule has 0 aliphatic carbocycles. The number of hydrogen-bond donors (Lipinski definition) is 1. The van der Waals surface area contributed by atoms with Crippen molar-refractivity contribution in [2.24, 2.45) is 0 Å². The highest BCUT2D eigenvalue weighted by molar-refractivity contribution is 5.77. The molecule has 0 bridgehead atoms. The van der Waals surface area contributed by atoms with Crippen LogP contribution in [0.15, 0.2) is 24.3 Å². The van der Waals surface area contributed by atoms with Gasteiger partial charge in [0, 0.05) is 13.0 Å². The van der Waals surface area contributed by atoms with Crippen molar-refractivity contribution in [3.8, 4) is 0 Å². The predicted molar refractivity (Wildman–Crippen MR) is 71.3 cm³/mol. The number of benzene rings is 1. The fourth-order valence-corrected chi connectivity index (χ4v) is 2.62. The second-order valence-corrected chi connectivity index (χ2v) is 5.05. The highest BCUT2D eigenvalue weighted by Gasteiger charge is 2.27. The van der Waals surface area contributed by atoms with Crippen LogP contribution in [0.2, 0.25) is 0 Å². The first kappa shape index (κ1) is 13.1. The summed E-state index contributed by atoms with van der Waals surface area (Å²) >= 11 is 0. The van der Waals surface area contributed by atoms with Crippen LogP contribution >= 0.6 is 0 Å². The van der Waals surface area contributed by atoms with Crippen LogP contribution in [-0.4, -0.2) is 35.1 Å². The molecular formula is C15H21NO2. The van der Waals surface area contributed by atoms with Gasteiger partial charge in [-0.15, -0.1) is 0 Å². The average Bonchev–Trinajstić information content (AvgIpc) is 2.84. The summed E-state index contributed by atoms with van der Waals surface area (Å²) in [4.78, 5) is 13.9. The zero-order valence-electron chi connectivity index (χ0n) is 10.9. The third-order valence-corrected chi connectivity index (χ3v) is 3.62. The molecule has 1 aliphatic heterocycles. The summed E-state index contributed by atoms with van der Waals surface area (Å²) in [6, 6.07) is 8.33. The molecule has 3 nitrogen and oxygen atoms in total. The monoisotopic (exact) mass is 247 g/mol. The Morgan fingerprint density at radius 2 is 2.33 bits per heavy atom. The summed E-state index contributed by atoms with van der Waals surface area (Å²) in [5.41, 5.74) is 2.44. The number of aliphatic hydroxyl groups is 1. The van der Waals surface area contributed by atoms with Crippen LogP contribution in [0.1, 0.15) is 30.4 Å². The van der Waals surface area contributed by atoms with Crippen LogP contribution < -0.4 is 0 Å². The number of hydrogen-bond acceptors (Lipinski definition) is 2. The number of amides is 1. The molecule has 0 saturated carbocycles. The Morgan fingerprint density at radius 1 is 1.50 bits per heavy atom. The number of aliphatic hydroxyl groups excluding tert-OH is 1. The molecule has 1 heterocycles. The number of nitrogens with zero attached hydrogens (tertiary/aromatic N) is 1. The number of carbonyl (C=O) groups is 1. The molecule has 3 heteroatoms. The maximum Gasteiger partial charge on any atom is 0.223 e. The Morgan fingerprint density at radius 3 is 3.06 bits per heavy atom. The van der Waals surface area contributed by atoms with Crippen molar-refractivity contribution in [3.63, 3.8) is 0 Å². The fraction of sp³-hybridized carbons (Fsp3) is 0.533. The van der Waals surface area contributed by atoms with Crippen LogP contribution in [0.4, 0.5) is 0 Å². The van der Waals surface area contributed by atoms with Gasteiger partial charge in [-0.3, -0.25) is 4.79 Å². The Balaban J connectivity index is 1.88. The summed E-state index contributed by atoms with van der Waals surface area (Å²) in [6.07, 6.45) is 3.28. The van der Waals surface area contributed by atoms with Gasteiger partial charge in [0.1, 0.15) is 0 Å². The van der Waals surface area contributed by atoms with Gasteiger partial charge in [-0.25, -0.2) is 0 Å². The maximum atomic E-state index is 12.1. The lowest BCUT2D eigenvalue weighted by Crippen LogP contribution is -2.37. The van der Waals surface area contributed by atoms with Crippen LogP contribution in [0, 0.1) is 6.92 Å². The molecule has 18 heavy (non-hydrogen) atoms. The largest absolute Gasteiger partial charge is 0.394 e. The van der Waals surface area contributed by atoms with E-state index in [1.165, 1.54) is 11.1 Å². The first-order valence-corrected chi connectivity index (χ1v) is 6.66. The molecule has 1 aromatic rings. The molecule has 1 aromatic carbocycles. The SMILES string of the molecule is Cc1cccc(CCC(=O)N2CCC[C@@H]2CO)c1. The first-order valence-electron chi connectivity index (χ1n) is 6.66. The number of aryl methyl sites for hydroxylation is 2. The predicted octanol–water partition coefficient (Wildman–Crippen LogP) is 1.91. The third kappa shape index (κ3) is 3.10. The Kier molecular flexibility index (Phi) is 4.37. The van der Waals surface area contributed by atoms with E-state index in [4.69, 9.17) is 0 Å². The number of likely N-dealkylation sites (tertiary alicyclic amines) is 1. The van der Waals surface area contributed by atoms with E-state index in [2.05, 4.69) is 25.1 Å². The molecule has 0 spiro atoms. The summed E-state index contributed by atoms with van der Waals surface area (Å²) in [6.45, 7) is 2.96. The molecule has 0 unspecified atom stereocenters. The van der Waals surface area contributed by atoms with E-state index in [0.29, 0.717) is 6.42 Å². The minimum Gasteiger partial charge on any atom is -0.394 e. The van der Waals surface area contributed by atoms with Crippen LogP contribution in [-0.2, 0) is 11.2 Å². The summed E-state index contributed by atoms with van der Waals surface area (Å²) in [7, 11) is 0. The van der Waals surface area contributed by atoms with E-state index in [9.17, 15) is 9.90 Å². The van der Waals surface area contributed by atoms with Crippen molar-refractivity contribution in [3.05, 3.63) is 35.4 Å². The standard InChI is InChI=1S/C15H21NO2/c1-12-4-2-5-13(10-12)7-8-15(18)16-9-3-6-14(16)11-17/h2,4-5,10,14,17H,3,6-9,11H2,1H3/t14-/m1/s1. The van der Waals surface area contributed by atoms with E-state index in [-0.39, 0.29) is 18.6 Å². The topological polar surface area (TPSA) is 40.5 Å². The summed E-state index contributed by atoms with van der Waals surface area (Å²) in [5, 5.41) is 9.21. The molecule has 1 aliphatic rings. The quantitative estimate of drug-likeness (QED) is 0.883. The first-order chi connectivity index (χ1) is 8.70. The van der Waals surface area contributed by atoms with Crippen molar-refractivity contribution in [1.82, 2.24) is 4.90 Å². The third-order valence-electron chi connectivity index (χ3n) is 3.62. The van der Waals surface area contributed by atoms with Gasteiger partial charge in [0.15, 0.2) is 0 Å². The molecule has 98 valence electrons. The molecule has 0 radical (unpaired) electrons. The molecule has 1 fully saturated rings. The van der Waals surface area contributed by atoms with Crippen LogP contribution in [0.25, 0.3) is 0 Å². The van der Waals surface area contributed by atoms with Crippen molar-refractivity contribution >= 4 is 5.91 Å². The van der Waals surface area contributed by atoms with Gasteiger partial charge in [-0.1, -0.05) is 29.8 Å². The smallest absolute Gasteiger partial charge is 0.223 e. The van der Waals surface area contributed by atoms with Crippen LogP contribution in [0.5, 0.6) is 0 Å². The van der Waals surface area contributed by atoms with Gasteiger partial charge >= 0.3 is 0 Å². The lowest BCUT2D eigenvalue weighted by atomic mass is 10.1. The van der Waals surface area contributed by atoms with E-state index < -0.39 is 0 Å². The summed E-state index contributed by atoms with van der Waals surface area (Å²) < 4.78 is 0. The van der Waals surface area contributed by atoms with E-state index >= 15 is 0 Å². The lowest BCUT2D eigenvalue weighted by Gasteiger charge is -2.23. The maximum absolute atomic E-state index is 12.1. The van der Waals surface area contributed by atoms with Crippen molar-refractivity contribution in [2.75, 3.05) is 13.2 Å². The van der Waals surface area contributed by atoms with Crippen molar-refractivity contribution in [2.45, 2.75) is 38.6 Å². The van der Waals surface area contributed by atoms with Gasteiger partial charge in [0.2, 0.25) is 5.91 Å². The second-order valence-electron chi connectivity index (χ2n) is 5.05. The van der Waals surface area contributed by atoms with Crippen LogP contribution in [0.3, 0.4) is 0 Å².